The predicted molar refractivity (Wildman–Crippen MR) is 63.2 cm³/mol. The highest BCUT2D eigenvalue weighted by Crippen LogP contribution is 2.38. The summed E-state index contributed by atoms with van der Waals surface area (Å²) in [6.07, 6.45) is 5.07. The lowest BCUT2D eigenvalue weighted by molar-refractivity contribution is 0.231. The SMILES string of the molecule is CCc1ccccc1C(NN)C1CCC1. The van der Waals surface area contributed by atoms with E-state index >= 15 is 0 Å². The smallest absolute Gasteiger partial charge is 0.0490 e. The van der Waals surface area contributed by atoms with Gasteiger partial charge in [0.15, 0.2) is 0 Å². The van der Waals surface area contributed by atoms with E-state index in [1.54, 1.807) is 0 Å². The molecule has 82 valence electrons. The first-order valence-electron chi connectivity index (χ1n) is 5.90. The van der Waals surface area contributed by atoms with Gasteiger partial charge in [0, 0.05) is 6.04 Å². The van der Waals surface area contributed by atoms with E-state index in [9.17, 15) is 0 Å². The Balaban J connectivity index is 2.24. The molecule has 1 unspecified atom stereocenters. The van der Waals surface area contributed by atoms with E-state index < -0.39 is 0 Å². The number of nitrogens with one attached hydrogen (secondary N) is 1. The van der Waals surface area contributed by atoms with Crippen LogP contribution in [0, 0.1) is 5.92 Å². The van der Waals surface area contributed by atoms with Crippen LogP contribution in [0.1, 0.15) is 43.4 Å². The van der Waals surface area contributed by atoms with Crippen molar-refractivity contribution in [3.8, 4) is 0 Å². The minimum absolute atomic E-state index is 0.356. The Morgan fingerprint density at radius 3 is 2.67 bits per heavy atom. The topological polar surface area (TPSA) is 38.0 Å². The van der Waals surface area contributed by atoms with Gasteiger partial charge in [-0.2, -0.15) is 0 Å². The van der Waals surface area contributed by atoms with Gasteiger partial charge in [0.2, 0.25) is 0 Å². The molecule has 2 rings (SSSR count). The molecule has 3 N–H and O–H groups in total. The Morgan fingerprint density at radius 1 is 1.40 bits per heavy atom. The molecule has 1 aliphatic carbocycles. The molecule has 1 aliphatic rings. The molecular weight excluding hydrogens is 184 g/mol. The molecule has 0 saturated heterocycles. The van der Waals surface area contributed by atoms with Crippen molar-refractivity contribution in [3.63, 3.8) is 0 Å². The zero-order valence-corrected chi connectivity index (χ0v) is 9.37. The van der Waals surface area contributed by atoms with Gasteiger partial charge in [-0.05, 0) is 36.3 Å². The summed E-state index contributed by atoms with van der Waals surface area (Å²) in [5.74, 6) is 6.43. The zero-order valence-electron chi connectivity index (χ0n) is 9.37. The van der Waals surface area contributed by atoms with Gasteiger partial charge in [-0.15, -0.1) is 0 Å². The first-order chi connectivity index (χ1) is 7.36. The monoisotopic (exact) mass is 204 g/mol. The number of aryl methyl sites for hydroxylation is 1. The van der Waals surface area contributed by atoms with Gasteiger partial charge < -0.3 is 0 Å². The van der Waals surface area contributed by atoms with Crippen molar-refractivity contribution in [2.45, 2.75) is 38.6 Å². The van der Waals surface area contributed by atoms with Gasteiger partial charge in [0.1, 0.15) is 0 Å². The predicted octanol–water partition coefficient (Wildman–Crippen LogP) is 2.55. The molecule has 2 nitrogen and oxygen atoms in total. The summed E-state index contributed by atoms with van der Waals surface area (Å²) in [6.45, 7) is 2.20. The highest BCUT2D eigenvalue weighted by atomic mass is 15.2. The van der Waals surface area contributed by atoms with Gasteiger partial charge >= 0.3 is 0 Å². The number of nitrogens with two attached hydrogens (primary N) is 1. The Kier molecular flexibility index (Phi) is 3.39. The molecule has 1 atom stereocenters. The van der Waals surface area contributed by atoms with Crippen molar-refractivity contribution in [3.05, 3.63) is 35.4 Å². The van der Waals surface area contributed by atoms with Gasteiger partial charge in [-0.25, -0.2) is 0 Å². The number of hydrogen-bond donors (Lipinski definition) is 2. The fourth-order valence-corrected chi connectivity index (χ4v) is 2.41. The molecule has 1 saturated carbocycles. The number of hydrazine groups is 1. The van der Waals surface area contributed by atoms with E-state index in [2.05, 4.69) is 36.6 Å². The Hall–Kier alpha value is -0.860. The largest absolute Gasteiger partial charge is 0.271 e. The maximum atomic E-state index is 5.69. The number of benzene rings is 1. The van der Waals surface area contributed by atoms with Crippen molar-refractivity contribution in [1.82, 2.24) is 5.43 Å². The molecule has 0 radical (unpaired) electrons. The Labute approximate surface area is 91.8 Å². The summed E-state index contributed by atoms with van der Waals surface area (Å²) < 4.78 is 0. The second-order valence-corrected chi connectivity index (χ2v) is 4.39. The summed E-state index contributed by atoms with van der Waals surface area (Å²) >= 11 is 0. The summed E-state index contributed by atoms with van der Waals surface area (Å²) in [5.41, 5.74) is 5.81. The van der Waals surface area contributed by atoms with E-state index in [1.807, 2.05) is 0 Å². The van der Waals surface area contributed by atoms with Crippen LogP contribution < -0.4 is 11.3 Å². The first-order valence-corrected chi connectivity index (χ1v) is 5.90. The summed E-state index contributed by atoms with van der Waals surface area (Å²) in [5, 5.41) is 0. The van der Waals surface area contributed by atoms with Crippen molar-refractivity contribution in [2.24, 2.45) is 11.8 Å². The molecule has 0 aromatic heterocycles. The standard InChI is InChI=1S/C13H20N2/c1-2-10-6-3-4-9-12(10)13(15-14)11-7-5-8-11/h3-4,6,9,11,13,15H,2,5,7-8,14H2,1H3. The van der Waals surface area contributed by atoms with E-state index in [-0.39, 0.29) is 0 Å². The van der Waals surface area contributed by atoms with E-state index in [0.29, 0.717) is 6.04 Å². The maximum Gasteiger partial charge on any atom is 0.0490 e. The van der Waals surface area contributed by atoms with E-state index in [0.717, 1.165) is 12.3 Å². The van der Waals surface area contributed by atoms with Gasteiger partial charge in [-0.1, -0.05) is 37.6 Å². The molecule has 0 bridgehead atoms. The third-order valence-corrected chi connectivity index (χ3v) is 3.57. The van der Waals surface area contributed by atoms with Crippen molar-refractivity contribution in [1.29, 1.82) is 0 Å². The molecule has 0 amide bonds. The van der Waals surface area contributed by atoms with Gasteiger partial charge in [-0.3, -0.25) is 11.3 Å². The molecule has 1 aromatic rings. The number of hydrogen-bond acceptors (Lipinski definition) is 2. The average Bonchev–Trinajstić information content (AvgIpc) is 2.23. The van der Waals surface area contributed by atoms with E-state index in [4.69, 9.17) is 5.84 Å². The Bertz CT molecular complexity index is 318. The first kappa shape index (κ1) is 10.7. The fraction of sp³-hybridized carbons (Fsp3) is 0.538. The zero-order chi connectivity index (χ0) is 10.7. The fourth-order valence-electron chi connectivity index (χ4n) is 2.41. The van der Waals surface area contributed by atoms with Crippen molar-refractivity contribution >= 4 is 0 Å². The highest BCUT2D eigenvalue weighted by molar-refractivity contribution is 5.30. The minimum Gasteiger partial charge on any atom is -0.271 e. The average molecular weight is 204 g/mol. The van der Waals surface area contributed by atoms with Crippen LogP contribution in [-0.2, 0) is 6.42 Å². The lowest BCUT2D eigenvalue weighted by Crippen LogP contribution is -2.37. The molecule has 1 fully saturated rings. The lowest BCUT2D eigenvalue weighted by Gasteiger charge is -2.34. The second-order valence-electron chi connectivity index (χ2n) is 4.39. The van der Waals surface area contributed by atoms with Gasteiger partial charge in [0.05, 0.1) is 0 Å². The van der Waals surface area contributed by atoms with Gasteiger partial charge in [0.25, 0.3) is 0 Å². The van der Waals surface area contributed by atoms with Crippen molar-refractivity contribution < 1.29 is 0 Å². The third-order valence-electron chi connectivity index (χ3n) is 3.57. The van der Waals surface area contributed by atoms with Crippen LogP contribution in [0.4, 0.5) is 0 Å². The quantitative estimate of drug-likeness (QED) is 0.584. The molecule has 15 heavy (non-hydrogen) atoms. The second kappa shape index (κ2) is 4.77. The van der Waals surface area contributed by atoms with Crippen LogP contribution >= 0.6 is 0 Å². The molecule has 0 heterocycles. The molecule has 0 spiro atoms. The Morgan fingerprint density at radius 2 is 2.13 bits per heavy atom. The summed E-state index contributed by atoms with van der Waals surface area (Å²) in [6, 6.07) is 8.99. The van der Waals surface area contributed by atoms with Crippen LogP contribution in [0.2, 0.25) is 0 Å². The van der Waals surface area contributed by atoms with Crippen LogP contribution in [0.15, 0.2) is 24.3 Å². The maximum absolute atomic E-state index is 5.69. The highest BCUT2D eigenvalue weighted by Gasteiger charge is 2.28. The number of rotatable bonds is 4. The van der Waals surface area contributed by atoms with Crippen LogP contribution in [-0.4, -0.2) is 0 Å². The van der Waals surface area contributed by atoms with Crippen molar-refractivity contribution in [2.75, 3.05) is 0 Å². The van der Waals surface area contributed by atoms with Crippen LogP contribution in [0.5, 0.6) is 0 Å². The van der Waals surface area contributed by atoms with Crippen LogP contribution in [0.3, 0.4) is 0 Å². The minimum atomic E-state index is 0.356. The van der Waals surface area contributed by atoms with E-state index in [1.165, 1.54) is 30.4 Å². The summed E-state index contributed by atoms with van der Waals surface area (Å²) in [7, 11) is 0. The molecule has 2 heteroatoms. The lowest BCUT2D eigenvalue weighted by atomic mass is 9.76. The molecular formula is C13H20N2. The summed E-state index contributed by atoms with van der Waals surface area (Å²) in [4.78, 5) is 0. The van der Waals surface area contributed by atoms with Crippen LogP contribution in [0.25, 0.3) is 0 Å². The molecule has 1 aromatic carbocycles. The third kappa shape index (κ3) is 2.06. The molecule has 0 aliphatic heterocycles. The normalized spacial score (nSPS) is 18.5.